The Balaban J connectivity index is 1.88. The lowest BCUT2D eigenvalue weighted by molar-refractivity contribution is 0.102. The molecule has 0 fully saturated rings. The molecule has 0 unspecified atom stereocenters. The molecule has 0 radical (unpaired) electrons. The largest absolute Gasteiger partial charge is 0.492 e. The maximum atomic E-state index is 13.1. The van der Waals surface area contributed by atoms with E-state index in [-0.39, 0.29) is 10.6 Å². The molecule has 0 bridgehead atoms. The Kier molecular flexibility index (Phi) is 7.55. The topological polar surface area (TPSA) is 93.5 Å². The van der Waals surface area contributed by atoms with Gasteiger partial charge in [-0.2, -0.15) is 9.40 Å². The molecular weight excluding hydrogens is 452 g/mol. The van der Waals surface area contributed by atoms with Crippen LogP contribution < -0.4 is 10.1 Å². The number of nitrogens with zero attached hydrogens (tertiary/aromatic N) is 3. The van der Waals surface area contributed by atoms with Gasteiger partial charge in [-0.15, -0.1) is 0 Å². The second kappa shape index (κ2) is 10.2. The number of ether oxygens (including phenoxy) is 1. The molecule has 1 N–H and O–H groups in total. The van der Waals surface area contributed by atoms with Crippen molar-refractivity contribution in [2.75, 3.05) is 25.0 Å². The molecule has 0 saturated heterocycles. The van der Waals surface area contributed by atoms with Crippen LogP contribution in [0.1, 0.15) is 31.1 Å². The molecule has 0 saturated carbocycles. The van der Waals surface area contributed by atoms with Gasteiger partial charge in [0.1, 0.15) is 10.6 Å². The molecule has 1 heterocycles. The molecule has 3 aromatic rings. The zero-order chi connectivity index (χ0) is 23.3. The monoisotopic (exact) mass is 476 g/mol. The van der Waals surface area contributed by atoms with E-state index in [1.807, 2.05) is 6.07 Å². The third-order valence-corrected chi connectivity index (χ3v) is 7.05. The highest BCUT2D eigenvalue weighted by atomic mass is 35.5. The van der Waals surface area contributed by atoms with Crippen LogP contribution in [0, 0.1) is 0 Å². The molecule has 1 amide bonds. The summed E-state index contributed by atoms with van der Waals surface area (Å²) in [5, 5.41) is 7.50. The Labute approximate surface area is 192 Å². The second-order valence-corrected chi connectivity index (χ2v) is 9.13. The standard InChI is InChI=1S/C22H25ClN4O4S/c1-4-26(5-2)32(29,30)21-13-18(10-11-20(21)31-6-3)25-22(28)16-14-24-27(15-16)19-9-7-8-17(23)12-19/h7-15H,4-6H2,1-3H3,(H,25,28). The zero-order valence-electron chi connectivity index (χ0n) is 18.1. The predicted molar refractivity (Wildman–Crippen MR) is 124 cm³/mol. The number of hydrogen-bond acceptors (Lipinski definition) is 5. The summed E-state index contributed by atoms with van der Waals surface area (Å²) in [6.45, 7) is 6.28. The minimum absolute atomic E-state index is 0.00970. The minimum Gasteiger partial charge on any atom is -0.492 e. The van der Waals surface area contributed by atoms with E-state index in [4.69, 9.17) is 16.3 Å². The Morgan fingerprint density at radius 2 is 1.91 bits per heavy atom. The first-order chi connectivity index (χ1) is 15.3. The van der Waals surface area contributed by atoms with E-state index >= 15 is 0 Å². The number of benzene rings is 2. The van der Waals surface area contributed by atoms with Gasteiger partial charge in [0.05, 0.1) is 24.1 Å². The molecule has 32 heavy (non-hydrogen) atoms. The Hall–Kier alpha value is -2.88. The van der Waals surface area contributed by atoms with Crippen LogP contribution in [0.4, 0.5) is 5.69 Å². The number of hydrogen-bond donors (Lipinski definition) is 1. The smallest absolute Gasteiger partial charge is 0.258 e. The predicted octanol–water partition coefficient (Wildman–Crippen LogP) is 4.21. The quantitative estimate of drug-likeness (QED) is 0.499. The number of sulfonamides is 1. The number of carbonyl (C=O) groups excluding carboxylic acids is 1. The van der Waals surface area contributed by atoms with Gasteiger partial charge in [-0.3, -0.25) is 4.79 Å². The van der Waals surface area contributed by atoms with Crippen molar-refractivity contribution in [3.8, 4) is 11.4 Å². The van der Waals surface area contributed by atoms with Crippen LogP contribution in [-0.2, 0) is 10.0 Å². The number of rotatable bonds is 9. The van der Waals surface area contributed by atoms with Gasteiger partial charge < -0.3 is 10.1 Å². The van der Waals surface area contributed by atoms with Crippen molar-refractivity contribution in [3.05, 3.63) is 65.4 Å². The Morgan fingerprint density at radius 3 is 2.56 bits per heavy atom. The van der Waals surface area contributed by atoms with Crippen LogP contribution in [0.3, 0.4) is 0 Å². The number of nitrogens with one attached hydrogen (secondary N) is 1. The van der Waals surface area contributed by atoms with Gasteiger partial charge in [0.25, 0.3) is 5.91 Å². The minimum atomic E-state index is -3.78. The Morgan fingerprint density at radius 1 is 1.16 bits per heavy atom. The highest BCUT2D eigenvalue weighted by molar-refractivity contribution is 7.89. The van der Waals surface area contributed by atoms with Gasteiger partial charge >= 0.3 is 0 Å². The summed E-state index contributed by atoms with van der Waals surface area (Å²) >= 11 is 6.02. The van der Waals surface area contributed by atoms with Gasteiger partial charge in [0.2, 0.25) is 10.0 Å². The third-order valence-electron chi connectivity index (χ3n) is 4.74. The lowest BCUT2D eigenvalue weighted by atomic mass is 10.2. The number of anilines is 1. The van der Waals surface area contributed by atoms with E-state index in [2.05, 4.69) is 10.4 Å². The van der Waals surface area contributed by atoms with Crippen molar-refractivity contribution in [1.82, 2.24) is 14.1 Å². The molecule has 2 aromatic carbocycles. The average Bonchev–Trinajstić information content (AvgIpc) is 3.26. The lowest BCUT2D eigenvalue weighted by Crippen LogP contribution is -2.31. The van der Waals surface area contributed by atoms with Gasteiger partial charge in [0.15, 0.2) is 0 Å². The van der Waals surface area contributed by atoms with Crippen LogP contribution in [0.5, 0.6) is 5.75 Å². The van der Waals surface area contributed by atoms with Crippen molar-refractivity contribution in [3.63, 3.8) is 0 Å². The molecule has 0 aliphatic rings. The highest BCUT2D eigenvalue weighted by Gasteiger charge is 2.26. The lowest BCUT2D eigenvalue weighted by Gasteiger charge is -2.21. The van der Waals surface area contributed by atoms with Crippen molar-refractivity contribution in [2.45, 2.75) is 25.7 Å². The molecule has 170 valence electrons. The van der Waals surface area contributed by atoms with E-state index in [9.17, 15) is 13.2 Å². The summed E-state index contributed by atoms with van der Waals surface area (Å²) in [5.74, 6) is -0.181. The molecule has 3 rings (SSSR count). The molecule has 8 nitrogen and oxygen atoms in total. The molecule has 0 aliphatic carbocycles. The fourth-order valence-electron chi connectivity index (χ4n) is 3.17. The van der Waals surface area contributed by atoms with Crippen molar-refractivity contribution < 1.29 is 17.9 Å². The van der Waals surface area contributed by atoms with Crippen molar-refractivity contribution >= 4 is 33.2 Å². The average molecular weight is 477 g/mol. The maximum absolute atomic E-state index is 13.1. The Bertz CT molecular complexity index is 1210. The molecule has 1 aromatic heterocycles. The SMILES string of the molecule is CCOc1ccc(NC(=O)c2cnn(-c3cccc(Cl)c3)c2)cc1S(=O)(=O)N(CC)CC. The van der Waals surface area contributed by atoms with E-state index in [1.54, 1.807) is 57.3 Å². The number of amides is 1. The first-order valence-electron chi connectivity index (χ1n) is 10.2. The fraction of sp³-hybridized carbons (Fsp3) is 0.273. The van der Waals surface area contributed by atoms with Gasteiger partial charge in [0, 0.05) is 30.0 Å². The molecule has 0 atom stereocenters. The van der Waals surface area contributed by atoms with Crippen LogP contribution in [0.25, 0.3) is 5.69 Å². The highest BCUT2D eigenvalue weighted by Crippen LogP contribution is 2.30. The summed E-state index contributed by atoms with van der Waals surface area (Å²) in [4.78, 5) is 12.8. The van der Waals surface area contributed by atoms with Crippen LogP contribution in [-0.4, -0.2) is 48.1 Å². The van der Waals surface area contributed by atoms with Gasteiger partial charge in [-0.1, -0.05) is 31.5 Å². The molecule has 0 spiro atoms. The maximum Gasteiger partial charge on any atom is 0.258 e. The van der Waals surface area contributed by atoms with Crippen molar-refractivity contribution in [2.24, 2.45) is 0 Å². The van der Waals surface area contributed by atoms with Gasteiger partial charge in [-0.05, 0) is 43.3 Å². The molecular formula is C22H25ClN4O4S. The van der Waals surface area contributed by atoms with Crippen LogP contribution in [0.15, 0.2) is 59.8 Å². The van der Waals surface area contributed by atoms with Crippen LogP contribution >= 0.6 is 11.6 Å². The normalized spacial score (nSPS) is 11.5. The van der Waals surface area contributed by atoms with E-state index in [0.717, 1.165) is 0 Å². The van der Waals surface area contributed by atoms with E-state index in [0.29, 0.717) is 41.7 Å². The summed E-state index contributed by atoms with van der Waals surface area (Å²) in [5.41, 5.74) is 1.36. The first-order valence-corrected chi connectivity index (χ1v) is 12.0. The van der Waals surface area contributed by atoms with Crippen LogP contribution in [0.2, 0.25) is 5.02 Å². The van der Waals surface area contributed by atoms with Crippen molar-refractivity contribution in [1.29, 1.82) is 0 Å². The summed E-state index contributed by atoms with van der Waals surface area (Å²) < 4.78 is 34.6. The zero-order valence-corrected chi connectivity index (χ0v) is 19.7. The third kappa shape index (κ3) is 5.12. The summed E-state index contributed by atoms with van der Waals surface area (Å²) in [7, 11) is -3.78. The number of carbonyl (C=O) groups is 1. The number of halogens is 1. The molecule has 10 heteroatoms. The summed E-state index contributed by atoms with van der Waals surface area (Å²) in [6.07, 6.45) is 3.00. The second-order valence-electron chi connectivity index (χ2n) is 6.79. The fourth-order valence-corrected chi connectivity index (χ4v) is 4.97. The van der Waals surface area contributed by atoms with E-state index in [1.165, 1.54) is 21.3 Å². The summed E-state index contributed by atoms with van der Waals surface area (Å²) in [6, 6.07) is 11.6. The van der Waals surface area contributed by atoms with E-state index < -0.39 is 15.9 Å². The molecule has 0 aliphatic heterocycles. The van der Waals surface area contributed by atoms with Gasteiger partial charge in [-0.25, -0.2) is 13.1 Å². The number of aromatic nitrogens is 2. The first kappa shape index (κ1) is 23.8.